The van der Waals surface area contributed by atoms with Gasteiger partial charge in [0.2, 0.25) is 0 Å². The molecule has 3 rings (SSSR count). The summed E-state index contributed by atoms with van der Waals surface area (Å²) in [5.41, 5.74) is 2.23. The van der Waals surface area contributed by atoms with Crippen molar-refractivity contribution in [3.05, 3.63) is 35.3 Å². The lowest BCUT2D eigenvalue weighted by Crippen LogP contribution is -2.18. The van der Waals surface area contributed by atoms with E-state index in [0.29, 0.717) is 0 Å². The van der Waals surface area contributed by atoms with Crippen LogP contribution in [0, 0.1) is 0 Å². The largest absolute Gasteiger partial charge is 0.491 e. The predicted molar refractivity (Wildman–Crippen MR) is 83.1 cm³/mol. The highest BCUT2D eigenvalue weighted by molar-refractivity contribution is 7.13. The third kappa shape index (κ3) is 2.78. The smallest absolute Gasteiger partial charge is 0.190 e. The Bertz CT molecular complexity index is 570. The first-order chi connectivity index (χ1) is 9.88. The first-order valence-electron chi connectivity index (χ1n) is 7.03. The Labute approximate surface area is 123 Å². The van der Waals surface area contributed by atoms with Gasteiger partial charge in [-0.05, 0) is 25.1 Å². The summed E-state index contributed by atoms with van der Waals surface area (Å²) in [6, 6.07) is 8.20. The minimum absolute atomic E-state index is 0.767. The summed E-state index contributed by atoms with van der Waals surface area (Å²) < 4.78 is 5.79. The van der Waals surface area contributed by atoms with Crippen molar-refractivity contribution in [2.24, 2.45) is 0 Å². The van der Waals surface area contributed by atoms with Gasteiger partial charge in [0.25, 0.3) is 0 Å². The van der Waals surface area contributed by atoms with Crippen molar-refractivity contribution in [1.82, 2.24) is 10.3 Å². The van der Waals surface area contributed by atoms with Crippen LogP contribution in [0.5, 0.6) is 5.75 Å². The fourth-order valence-electron chi connectivity index (χ4n) is 2.28. The SMILES string of the molecule is CCNCc1csc(N2CCCOc3ccccc32)n1. The van der Waals surface area contributed by atoms with E-state index in [0.717, 1.165) is 54.9 Å². The minimum atomic E-state index is 0.767. The van der Waals surface area contributed by atoms with Crippen LogP contribution in [0.3, 0.4) is 0 Å². The van der Waals surface area contributed by atoms with Crippen LogP contribution in [0.15, 0.2) is 29.6 Å². The third-order valence-electron chi connectivity index (χ3n) is 3.27. The number of para-hydroxylation sites is 2. The van der Waals surface area contributed by atoms with Gasteiger partial charge < -0.3 is 15.0 Å². The third-order valence-corrected chi connectivity index (χ3v) is 4.18. The Balaban J connectivity index is 1.87. The van der Waals surface area contributed by atoms with Gasteiger partial charge in [0.15, 0.2) is 5.13 Å². The van der Waals surface area contributed by atoms with Crippen LogP contribution >= 0.6 is 11.3 Å². The summed E-state index contributed by atoms with van der Waals surface area (Å²) in [6.45, 7) is 5.62. The van der Waals surface area contributed by atoms with Crippen LogP contribution in [0.4, 0.5) is 10.8 Å². The molecule has 1 aromatic carbocycles. The van der Waals surface area contributed by atoms with Crippen LogP contribution in [0.2, 0.25) is 0 Å². The van der Waals surface area contributed by atoms with E-state index in [1.165, 1.54) is 0 Å². The molecule has 2 heterocycles. The highest BCUT2D eigenvalue weighted by Gasteiger charge is 2.19. The van der Waals surface area contributed by atoms with Gasteiger partial charge in [0.05, 0.1) is 18.0 Å². The Kier molecular flexibility index (Phi) is 4.18. The van der Waals surface area contributed by atoms with Crippen molar-refractivity contribution >= 4 is 22.2 Å². The van der Waals surface area contributed by atoms with Crippen LogP contribution < -0.4 is 15.0 Å². The molecule has 0 aliphatic carbocycles. The molecule has 0 amide bonds. The van der Waals surface area contributed by atoms with Crippen LogP contribution in [0.1, 0.15) is 19.0 Å². The lowest BCUT2D eigenvalue weighted by molar-refractivity contribution is 0.322. The van der Waals surface area contributed by atoms with Gasteiger partial charge in [-0.2, -0.15) is 0 Å². The number of hydrogen-bond donors (Lipinski definition) is 1. The van der Waals surface area contributed by atoms with E-state index < -0.39 is 0 Å². The molecule has 0 atom stereocenters. The van der Waals surface area contributed by atoms with E-state index in [1.807, 2.05) is 18.2 Å². The fourth-order valence-corrected chi connectivity index (χ4v) is 3.14. The van der Waals surface area contributed by atoms with Crippen molar-refractivity contribution in [2.45, 2.75) is 19.9 Å². The van der Waals surface area contributed by atoms with Crippen molar-refractivity contribution < 1.29 is 4.74 Å². The van der Waals surface area contributed by atoms with Crippen molar-refractivity contribution in [3.8, 4) is 5.75 Å². The topological polar surface area (TPSA) is 37.4 Å². The molecule has 0 spiro atoms. The van der Waals surface area contributed by atoms with Gasteiger partial charge in [-0.25, -0.2) is 4.98 Å². The van der Waals surface area contributed by atoms with Crippen molar-refractivity contribution in [2.75, 3.05) is 24.6 Å². The molecule has 0 unspecified atom stereocenters. The molecule has 0 fully saturated rings. The normalized spacial score (nSPS) is 14.6. The zero-order valence-corrected chi connectivity index (χ0v) is 12.4. The minimum Gasteiger partial charge on any atom is -0.491 e. The summed E-state index contributed by atoms with van der Waals surface area (Å²) in [5.74, 6) is 0.952. The second kappa shape index (κ2) is 6.24. The zero-order chi connectivity index (χ0) is 13.8. The van der Waals surface area contributed by atoms with E-state index in [2.05, 4.69) is 28.6 Å². The van der Waals surface area contributed by atoms with E-state index in [1.54, 1.807) is 11.3 Å². The zero-order valence-electron chi connectivity index (χ0n) is 11.6. The maximum atomic E-state index is 5.79. The summed E-state index contributed by atoms with van der Waals surface area (Å²) in [7, 11) is 0. The molecule has 0 radical (unpaired) electrons. The Morgan fingerprint density at radius 2 is 2.30 bits per heavy atom. The summed E-state index contributed by atoms with van der Waals surface area (Å²) in [6.07, 6.45) is 1.01. The molecule has 1 aliphatic heterocycles. The molecule has 20 heavy (non-hydrogen) atoms. The molecule has 5 heteroatoms. The van der Waals surface area contributed by atoms with Gasteiger partial charge >= 0.3 is 0 Å². The first kappa shape index (κ1) is 13.4. The van der Waals surface area contributed by atoms with E-state index in [-0.39, 0.29) is 0 Å². The second-order valence-electron chi connectivity index (χ2n) is 4.72. The Morgan fingerprint density at radius 1 is 1.40 bits per heavy atom. The van der Waals surface area contributed by atoms with Gasteiger partial charge in [0, 0.05) is 18.5 Å². The molecule has 0 bridgehead atoms. The highest BCUT2D eigenvalue weighted by Crippen LogP contribution is 2.36. The van der Waals surface area contributed by atoms with Gasteiger partial charge in [-0.15, -0.1) is 11.3 Å². The average Bonchev–Trinajstić information content (AvgIpc) is 2.84. The molecule has 1 aromatic heterocycles. The summed E-state index contributed by atoms with van der Waals surface area (Å²) >= 11 is 1.70. The average molecular weight is 289 g/mol. The quantitative estimate of drug-likeness (QED) is 0.938. The number of nitrogens with zero attached hydrogens (tertiary/aromatic N) is 2. The number of aromatic nitrogens is 1. The highest BCUT2D eigenvalue weighted by atomic mass is 32.1. The number of benzene rings is 1. The van der Waals surface area contributed by atoms with Gasteiger partial charge in [0.1, 0.15) is 5.75 Å². The number of hydrogen-bond acceptors (Lipinski definition) is 5. The van der Waals surface area contributed by atoms with E-state index in [9.17, 15) is 0 Å². The standard InChI is InChI=1S/C15H19N3OS/c1-2-16-10-12-11-20-15(17-12)18-8-5-9-19-14-7-4-3-6-13(14)18/h3-4,6-7,11,16H,2,5,8-10H2,1H3. The number of fused-ring (bicyclic) bond motifs is 1. The monoisotopic (exact) mass is 289 g/mol. The molecular formula is C15H19N3OS. The molecule has 1 aliphatic rings. The second-order valence-corrected chi connectivity index (χ2v) is 5.56. The number of nitrogens with one attached hydrogen (secondary N) is 1. The Morgan fingerprint density at radius 3 is 3.20 bits per heavy atom. The van der Waals surface area contributed by atoms with Crippen LogP contribution in [0.25, 0.3) is 0 Å². The summed E-state index contributed by atoms with van der Waals surface area (Å²) in [4.78, 5) is 7.00. The van der Waals surface area contributed by atoms with Gasteiger partial charge in [-0.1, -0.05) is 19.1 Å². The first-order valence-corrected chi connectivity index (χ1v) is 7.91. The molecule has 106 valence electrons. The fraction of sp³-hybridized carbons (Fsp3) is 0.400. The maximum absolute atomic E-state index is 5.79. The van der Waals surface area contributed by atoms with Crippen LogP contribution in [-0.2, 0) is 6.54 Å². The van der Waals surface area contributed by atoms with Crippen LogP contribution in [-0.4, -0.2) is 24.7 Å². The molecular weight excluding hydrogens is 270 g/mol. The molecule has 4 nitrogen and oxygen atoms in total. The van der Waals surface area contributed by atoms with E-state index >= 15 is 0 Å². The molecule has 0 saturated carbocycles. The number of thiazole rings is 1. The van der Waals surface area contributed by atoms with Gasteiger partial charge in [-0.3, -0.25) is 0 Å². The predicted octanol–water partition coefficient (Wildman–Crippen LogP) is 3.17. The summed E-state index contributed by atoms with van der Waals surface area (Å²) in [5, 5.41) is 6.50. The molecule has 1 N–H and O–H groups in total. The van der Waals surface area contributed by atoms with Crippen molar-refractivity contribution in [3.63, 3.8) is 0 Å². The maximum Gasteiger partial charge on any atom is 0.190 e. The molecule has 0 saturated heterocycles. The number of ether oxygens (including phenoxy) is 1. The lowest BCUT2D eigenvalue weighted by atomic mass is 10.2. The Hall–Kier alpha value is -1.59. The lowest BCUT2D eigenvalue weighted by Gasteiger charge is -2.20. The number of rotatable bonds is 4. The van der Waals surface area contributed by atoms with E-state index in [4.69, 9.17) is 9.72 Å². The van der Waals surface area contributed by atoms with Crippen molar-refractivity contribution in [1.29, 1.82) is 0 Å². The number of anilines is 2. The molecule has 2 aromatic rings.